The van der Waals surface area contributed by atoms with E-state index in [0.29, 0.717) is 19.0 Å². The molecule has 0 spiro atoms. The first-order chi connectivity index (χ1) is 13.5. The summed E-state index contributed by atoms with van der Waals surface area (Å²) >= 11 is 0. The van der Waals surface area contributed by atoms with Gasteiger partial charge in [-0.05, 0) is 43.5 Å². The highest BCUT2D eigenvalue weighted by atomic mass is 32.2. The lowest BCUT2D eigenvalue weighted by Gasteiger charge is -2.09. The van der Waals surface area contributed by atoms with E-state index >= 15 is 0 Å². The van der Waals surface area contributed by atoms with Crippen molar-refractivity contribution in [2.75, 3.05) is 6.54 Å². The quantitative estimate of drug-likeness (QED) is 0.634. The Hall–Kier alpha value is -2.51. The molecule has 0 unspecified atom stereocenters. The Bertz CT molecular complexity index is 1060. The molecule has 1 aliphatic carbocycles. The Morgan fingerprint density at radius 1 is 1.14 bits per heavy atom. The number of pyridine rings is 1. The lowest BCUT2D eigenvalue weighted by Crippen LogP contribution is -2.29. The molecule has 3 aromatic rings. The van der Waals surface area contributed by atoms with Crippen molar-refractivity contribution in [2.45, 2.75) is 38.0 Å². The SMILES string of the molecule is Cc1cccc(CS(=O)(=O)NCCn2nc(-c3ccncc3)cc2C2CC2)c1. The summed E-state index contributed by atoms with van der Waals surface area (Å²) < 4.78 is 29.5. The van der Waals surface area contributed by atoms with Gasteiger partial charge in [-0.3, -0.25) is 9.67 Å². The molecule has 6 nitrogen and oxygen atoms in total. The minimum absolute atomic E-state index is 0.00840. The second kappa shape index (κ2) is 7.85. The van der Waals surface area contributed by atoms with Gasteiger partial charge in [0.2, 0.25) is 10.0 Å². The van der Waals surface area contributed by atoms with Gasteiger partial charge in [0.1, 0.15) is 0 Å². The molecule has 0 atom stereocenters. The zero-order valence-corrected chi connectivity index (χ0v) is 16.7. The first-order valence-electron chi connectivity index (χ1n) is 9.51. The third-order valence-electron chi connectivity index (χ3n) is 4.87. The molecule has 4 rings (SSSR count). The average Bonchev–Trinajstić information content (AvgIpc) is 3.42. The number of aryl methyl sites for hydroxylation is 1. The van der Waals surface area contributed by atoms with Gasteiger partial charge < -0.3 is 0 Å². The molecule has 2 aromatic heterocycles. The van der Waals surface area contributed by atoms with Crippen molar-refractivity contribution in [3.8, 4) is 11.3 Å². The molecule has 0 aliphatic heterocycles. The zero-order valence-electron chi connectivity index (χ0n) is 15.9. The van der Waals surface area contributed by atoms with Crippen LogP contribution in [0, 0.1) is 6.92 Å². The van der Waals surface area contributed by atoms with E-state index in [9.17, 15) is 8.42 Å². The van der Waals surface area contributed by atoms with E-state index in [0.717, 1.165) is 22.4 Å². The van der Waals surface area contributed by atoms with E-state index in [-0.39, 0.29) is 5.75 Å². The molecular formula is C21H24N4O2S. The maximum Gasteiger partial charge on any atom is 0.215 e. The summed E-state index contributed by atoms with van der Waals surface area (Å²) in [7, 11) is -3.38. The summed E-state index contributed by atoms with van der Waals surface area (Å²) in [5, 5.41) is 4.71. The molecular weight excluding hydrogens is 372 g/mol. The van der Waals surface area contributed by atoms with Crippen LogP contribution in [-0.2, 0) is 22.3 Å². The van der Waals surface area contributed by atoms with Gasteiger partial charge in [-0.25, -0.2) is 13.1 Å². The van der Waals surface area contributed by atoms with E-state index in [1.165, 1.54) is 18.5 Å². The van der Waals surface area contributed by atoms with Gasteiger partial charge in [0.25, 0.3) is 0 Å². The fraction of sp³-hybridized carbons (Fsp3) is 0.333. The number of hydrogen-bond acceptors (Lipinski definition) is 4. The van der Waals surface area contributed by atoms with Crippen molar-refractivity contribution in [1.29, 1.82) is 0 Å². The Morgan fingerprint density at radius 3 is 2.64 bits per heavy atom. The molecule has 1 fully saturated rings. The zero-order chi connectivity index (χ0) is 19.6. The van der Waals surface area contributed by atoms with Crippen LogP contribution >= 0.6 is 0 Å². The maximum absolute atomic E-state index is 12.4. The predicted molar refractivity (Wildman–Crippen MR) is 109 cm³/mol. The van der Waals surface area contributed by atoms with E-state index in [1.54, 1.807) is 12.4 Å². The highest BCUT2D eigenvalue weighted by Crippen LogP contribution is 2.41. The Balaban J connectivity index is 1.42. The molecule has 1 saturated carbocycles. The molecule has 0 saturated heterocycles. The highest BCUT2D eigenvalue weighted by molar-refractivity contribution is 7.88. The number of sulfonamides is 1. The topological polar surface area (TPSA) is 76.9 Å². The monoisotopic (exact) mass is 396 g/mol. The smallest absolute Gasteiger partial charge is 0.215 e. The van der Waals surface area contributed by atoms with Gasteiger partial charge in [0.15, 0.2) is 0 Å². The van der Waals surface area contributed by atoms with Crippen molar-refractivity contribution in [3.05, 3.63) is 71.7 Å². The molecule has 7 heteroatoms. The van der Waals surface area contributed by atoms with Gasteiger partial charge in [-0.1, -0.05) is 29.8 Å². The summed E-state index contributed by atoms with van der Waals surface area (Å²) in [6, 6.07) is 13.6. The molecule has 0 amide bonds. The standard InChI is InChI=1S/C21H24N4O2S/c1-16-3-2-4-17(13-16)15-28(26,27)23-11-12-25-21(19-5-6-19)14-20(24-25)18-7-9-22-10-8-18/h2-4,7-10,13-14,19,23H,5-6,11-12,15H2,1H3. The molecule has 0 bridgehead atoms. The Kier molecular flexibility index (Phi) is 5.28. The summed E-state index contributed by atoms with van der Waals surface area (Å²) in [6.45, 7) is 2.80. The van der Waals surface area contributed by atoms with Crippen LogP contribution in [0.25, 0.3) is 11.3 Å². The minimum atomic E-state index is -3.38. The predicted octanol–water partition coefficient (Wildman–Crippen LogP) is 3.25. The lowest BCUT2D eigenvalue weighted by atomic mass is 10.2. The maximum atomic E-state index is 12.4. The number of hydrogen-bond donors (Lipinski definition) is 1. The van der Waals surface area contributed by atoms with Crippen LogP contribution in [0.4, 0.5) is 0 Å². The van der Waals surface area contributed by atoms with Crippen LogP contribution in [0.3, 0.4) is 0 Å². The summed E-state index contributed by atoms with van der Waals surface area (Å²) in [5.41, 5.74) is 4.97. The molecule has 2 heterocycles. The van der Waals surface area contributed by atoms with E-state index < -0.39 is 10.0 Å². The van der Waals surface area contributed by atoms with E-state index in [1.807, 2.05) is 48.0 Å². The van der Waals surface area contributed by atoms with Gasteiger partial charge in [0, 0.05) is 36.1 Å². The third-order valence-corrected chi connectivity index (χ3v) is 6.22. The number of benzene rings is 1. The summed E-state index contributed by atoms with van der Waals surface area (Å²) in [5.74, 6) is 0.526. The third kappa shape index (κ3) is 4.66. The number of aromatic nitrogens is 3. The second-order valence-corrected chi connectivity index (χ2v) is 9.14. The fourth-order valence-electron chi connectivity index (χ4n) is 3.36. The molecule has 0 radical (unpaired) electrons. The first-order valence-corrected chi connectivity index (χ1v) is 11.2. The summed E-state index contributed by atoms with van der Waals surface area (Å²) in [4.78, 5) is 4.05. The lowest BCUT2D eigenvalue weighted by molar-refractivity contribution is 0.551. The molecule has 28 heavy (non-hydrogen) atoms. The van der Waals surface area contributed by atoms with Crippen molar-refractivity contribution >= 4 is 10.0 Å². The largest absolute Gasteiger partial charge is 0.267 e. The van der Waals surface area contributed by atoms with Gasteiger partial charge in [0.05, 0.1) is 18.0 Å². The van der Waals surface area contributed by atoms with Crippen molar-refractivity contribution in [1.82, 2.24) is 19.5 Å². The Labute approximate surface area is 165 Å². The first kappa shape index (κ1) is 18.8. The van der Waals surface area contributed by atoms with Gasteiger partial charge in [-0.15, -0.1) is 0 Å². The summed E-state index contributed by atoms with van der Waals surface area (Å²) in [6.07, 6.45) is 5.84. The molecule has 1 aromatic carbocycles. The van der Waals surface area contributed by atoms with Crippen LogP contribution in [0.1, 0.15) is 35.6 Å². The van der Waals surface area contributed by atoms with Crippen molar-refractivity contribution < 1.29 is 8.42 Å². The van der Waals surface area contributed by atoms with Gasteiger partial charge >= 0.3 is 0 Å². The van der Waals surface area contributed by atoms with E-state index in [2.05, 4.69) is 15.8 Å². The Morgan fingerprint density at radius 2 is 1.93 bits per heavy atom. The normalized spacial score (nSPS) is 14.3. The average molecular weight is 397 g/mol. The molecule has 1 aliphatic rings. The van der Waals surface area contributed by atoms with Crippen LogP contribution < -0.4 is 4.72 Å². The fourth-order valence-corrected chi connectivity index (χ4v) is 4.48. The minimum Gasteiger partial charge on any atom is -0.267 e. The number of nitrogens with one attached hydrogen (secondary N) is 1. The van der Waals surface area contributed by atoms with Crippen molar-refractivity contribution in [3.63, 3.8) is 0 Å². The second-order valence-electron chi connectivity index (χ2n) is 7.33. The number of rotatable bonds is 8. The highest BCUT2D eigenvalue weighted by Gasteiger charge is 2.28. The molecule has 146 valence electrons. The van der Waals surface area contributed by atoms with Crippen LogP contribution in [-0.4, -0.2) is 29.7 Å². The van der Waals surface area contributed by atoms with Crippen LogP contribution in [0.5, 0.6) is 0 Å². The number of nitrogens with zero attached hydrogens (tertiary/aromatic N) is 3. The van der Waals surface area contributed by atoms with E-state index in [4.69, 9.17) is 5.10 Å². The van der Waals surface area contributed by atoms with Gasteiger partial charge in [-0.2, -0.15) is 5.10 Å². The molecule has 1 N–H and O–H groups in total. The van der Waals surface area contributed by atoms with Crippen LogP contribution in [0.15, 0.2) is 54.9 Å². The van der Waals surface area contributed by atoms with Crippen LogP contribution in [0.2, 0.25) is 0 Å². The van der Waals surface area contributed by atoms with Crippen molar-refractivity contribution in [2.24, 2.45) is 0 Å².